The highest BCUT2D eigenvalue weighted by Crippen LogP contribution is 2.35. The average molecular weight is 368 g/mol. The molecule has 1 heterocycles. The van der Waals surface area contributed by atoms with Gasteiger partial charge in [-0.3, -0.25) is 19.3 Å². The van der Waals surface area contributed by atoms with E-state index in [9.17, 15) is 32.3 Å². The van der Waals surface area contributed by atoms with Crippen LogP contribution in [0.25, 0.3) is 0 Å². The fourth-order valence-corrected chi connectivity index (χ4v) is 2.83. The molecule has 1 aromatic rings. The van der Waals surface area contributed by atoms with Gasteiger partial charge in [-0.05, 0) is 43.9 Å². The Labute approximate surface area is 146 Å². The van der Waals surface area contributed by atoms with E-state index in [4.69, 9.17) is 0 Å². The molecule has 1 aromatic carbocycles. The fourth-order valence-electron chi connectivity index (χ4n) is 2.83. The molecule has 2 fully saturated rings. The third-order valence-corrected chi connectivity index (χ3v) is 4.38. The normalized spacial score (nSPS) is 21.4. The Morgan fingerprint density at radius 1 is 1.15 bits per heavy atom. The van der Waals surface area contributed by atoms with Crippen molar-refractivity contribution in [1.82, 2.24) is 4.90 Å². The second kappa shape index (κ2) is 6.22. The number of urea groups is 1. The third-order valence-electron chi connectivity index (χ3n) is 4.38. The highest BCUT2D eigenvalue weighted by atomic mass is 19.4. The van der Waals surface area contributed by atoms with Crippen molar-refractivity contribution in [1.29, 1.82) is 0 Å². The van der Waals surface area contributed by atoms with Crippen molar-refractivity contribution in [3.63, 3.8) is 0 Å². The zero-order valence-electron chi connectivity index (χ0n) is 13.7. The lowest BCUT2D eigenvalue weighted by molar-refractivity contribution is -0.146. The molecule has 1 atom stereocenters. The van der Waals surface area contributed by atoms with Crippen molar-refractivity contribution in [2.24, 2.45) is 11.8 Å². The Morgan fingerprint density at radius 2 is 1.81 bits per heavy atom. The zero-order valence-corrected chi connectivity index (χ0v) is 13.7. The highest BCUT2D eigenvalue weighted by molar-refractivity contribution is 6.34. The quantitative estimate of drug-likeness (QED) is 0.766. The molecule has 1 aliphatic carbocycles. The summed E-state index contributed by atoms with van der Waals surface area (Å²) in [5.41, 5.74) is -1.37. The molecule has 138 valence electrons. The summed E-state index contributed by atoms with van der Waals surface area (Å²) in [6.07, 6.45) is -3.06. The van der Waals surface area contributed by atoms with Crippen LogP contribution >= 0.6 is 0 Å². The van der Waals surface area contributed by atoms with Gasteiger partial charge in [0.25, 0.3) is 11.8 Å². The molecule has 1 saturated heterocycles. The van der Waals surface area contributed by atoms with E-state index < -0.39 is 41.3 Å². The molecule has 4 amide bonds. The molecule has 0 N–H and O–H groups in total. The van der Waals surface area contributed by atoms with E-state index in [1.807, 2.05) is 0 Å². The van der Waals surface area contributed by atoms with Crippen molar-refractivity contribution in [2.75, 3.05) is 11.4 Å². The number of imide groups is 2. The number of alkyl halides is 3. The first-order valence-corrected chi connectivity index (χ1v) is 7.98. The number of anilines is 1. The number of halogens is 3. The monoisotopic (exact) mass is 368 g/mol. The van der Waals surface area contributed by atoms with Crippen molar-refractivity contribution in [3.05, 3.63) is 29.8 Å². The van der Waals surface area contributed by atoms with Crippen LogP contribution in [0.4, 0.5) is 23.7 Å². The number of amides is 4. The number of benzene rings is 1. The van der Waals surface area contributed by atoms with Gasteiger partial charge < -0.3 is 0 Å². The van der Waals surface area contributed by atoms with Crippen LogP contribution in [0.2, 0.25) is 0 Å². The summed E-state index contributed by atoms with van der Waals surface area (Å²) in [5.74, 6) is -4.43. The van der Waals surface area contributed by atoms with Gasteiger partial charge in [0.05, 0.1) is 11.3 Å². The molecule has 0 radical (unpaired) electrons. The van der Waals surface area contributed by atoms with Crippen molar-refractivity contribution in [2.45, 2.75) is 25.9 Å². The van der Waals surface area contributed by atoms with Crippen molar-refractivity contribution < 1.29 is 32.3 Å². The zero-order chi connectivity index (χ0) is 19.2. The standard InChI is InChI=1S/C17H15F3N2O4/c1-9(23)13-14(24)21(8-10-5-6-10)16(26)22(15(13)25)12-4-2-3-11(7-12)17(18,19)20/h2-4,7,10,13H,5-6,8H2,1H3. The first-order valence-electron chi connectivity index (χ1n) is 7.98. The second-order valence-electron chi connectivity index (χ2n) is 6.44. The summed E-state index contributed by atoms with van der Waals surface area (Å²) >= 11 is 0. The summed E-state index contributed by atoms with van der Waals surface area (Å²) in [4.78, 5) is 50.7. The van der Waals surface area contributed by atoms with Crippen molar-refractivity contribution >= 4 is 29.3 Å². The van der Waals surface area contributed by atoms with Gasteiger partial charge in [0.15, 0.2) is 11.7 Å². The molecule has 0 bridgehead atoms. The maximum atomic E-state index is 12.9. The molecule has 1 unspecified atom stereocenters. The number of nitrogens with zero attached hydrogens (tertiary/aromatic N) is 2. The molecular formula is C17H15F3N2O4. The first kappa shape index (κ1) is 18.1. The molecule has 1 saturated carbocycles. The number of rotatable bonds is 4. The molecule has 0 aromatic heterocycles. The Kier molecular flexibility index (Phi) is 4.33. The maximum Gasteiger partial charge on any atom is 0.416 e. The lowest BCUT2D eigenvalue weighted by atomic mass is 9.98. The number of hydrogen-bond donors (Lipinski definition) is 0. The Morgan fingerprint density at radius 3 is 2.35 bits per heavy atom. The van der Waals surface area contributed by atoms with Gasteiger partial charge in [0.2, 0.25) is 0 Å². The molecular weight excluding hydrogens is 353 g/mol. The Balaban J connectivity index is 2.03. The molecule has 0 spiro atoms. The minimum Gasteiger partial charge on any atom is -0.299 e. The topological polar surface area (TPSA) is 74.8 Å². The molecule has 3 rings (SSSR count). The Bertz CT molecular complexity index is 801. The van der Waals surface area contributed by atoms with Gasteiger partial charge in [0, 0.05) is 6.54 Å². The van der Waals surface area contributed by atoms with Crippen LogP contribution in [0.1, 0.15) is 25.3 Å². The van der Waals surface area contributed by atoms with Gasteiger partial charge in [-0.15, -0.1) is 0 Å². The summed E-state index contributed by atoms with van der Waals surface area (Å²) < 4.78 is 38.8. The van der Waals surface area contributed by atoms with Gasteiger partial charge in [-0.1, -0.05) is 6.07 Å². The fraction of sp³-hybridized carbons (Fsp3) is 0.412. The molecule has 1 aliphatic heterocycles. The number of ketones is 1. The summed E-state index contributed by atoms with van der Waals surface area (Å²) in [7, 11) is 0. The summed E-state index contributed by atoms with van der Waals surface area (Å²) in [5, 5.41) is 0. The predicted molar refractivity (Wildman–Crippen MR) is 82.9 cm³/mol. The average Bonchev–Trinajstić information content (AvgIpc) is 3.35. The lowest BCUT2D eigenvalue weighted by Gasteiger charge is -2.36. The lowest BCUT2D eigenvalue weighted by Crippen LogP contribution is -2.62. The molecule has 6 nitrogen and oxygen atoms in total. The summed E-state index contributed by atoms with van der Waals surface area (Å²) in [6, 6.07) is 2.65. The second-order valence-corrected chi connectivity index (χ2v) is 6.44. The van der Waals surface area contributed by atoms with Crippen LogP contribution in [0.3, 0.4) is 0 Å². The van der Waals surface area contributed by atoms with Gasteiger partial charge in [-0.2, -0.15) is 13.2 Å². The highest BCUT2D eigenvalue weighted by Gasteiger charge is 2.50. The Hall–Kier alpha value is -2.71. The maximum absolute atomic E-state index is 12.9. The van der Waals surface area contributed by atoms with Gasteiger partial charge in [0.1, 0.15) is 0 Å². The van der Waals surface area contributed by atoms with Crippen LogP contribution in [0.15, 0.2) is 24.3 Å². The number of barbiturate groups is 1. The minimum atomic E-state index is -4.67. The van der Waals surface area contributed by atoms with E-state index in [2.05, 4.69) is 0 Å². The third kappa shape index (κ3) is 3.21. The van der Waals surface area contributed by atoms with Crippen LogP contribution in [-0.4, -0.2) is 35.1 Å². The van der Waals surface area contributed by atoms with Gasteiger partial charge >= 0.3 is 12.2 Å². The smallest absolute Gasteiger partial charge is 0.299 e. The molecule has 9 heteroatoms. The first-order chi connectivity index (χ1) is 12.1. The van der Waals surface area contributed by atoms with E-state index in [1.54, 1.807) is 0 Å². The minimum absolute atomic E-state index is 0.0458. The predicted octanol–water partition coefficient (Wildman–Crippen LogP) is 2.62. The molecule has 26 heavy (non-hydrogen) atoms. The SMILES string of the molecule is CC(=O)C1C(=O)N(CC2CC2)C(=O)N(c2cccc(C(F)(F)F)c2)C1=O. The van der Waals surface area contributed by atoms with Crippen LogP contribution in [0.5, 0.6) is 0 Å². The molecule has 2 aliphatic rings. The number of carbonyl (C=O) groups excluding carboxylic acids is 4. The number of carbonyl (C=O) groups is 4. The number of Topliss-reactive ketones (excluding diaryl/α,β-unsaturated/α-hetero) is 1. The number of hydrogen-bond acceptors (Lipinski definition) is 4. The van der Waals surface area contributed by atoms with Gasteiger partial charge in [-0.25, -0.2) is 9.69 Å². The van der Waals surface area contributed by atoms with E-state index in [-0.39, 0.29) is 18.2 Å². The van der Waals surface area contributed by atoms with E-state index in [1.165, 1.54) is 0 Å². The largest absolute Gasteiger partial charge is 0.416 e. The van der Waals surface area contributed by atoms with Crippen LogP contribution in [0, 0.1) is 11.8 Å². The summed E-state index contributed by atoms with van der Waals surface area (Å²) in [6.45, 7) is 1.08. The van der Waals surface area contributed by atoms with E-state index >= 15 is 0 Å². The van der Waals surface area contributed by atoms with Crippen LogP contribution in [-0.2, 0) is 20.6 Å². The van der Waals surface area contributed by atoms with Crippen LogP contribution < -0.4 is 4.90 Å². The van der Waals surface area contributed by atoms with E-state index in [0.29, 0.717) is 11.0 Å². The van der Waals surface area contributed by atoms with Crippen molar-refractivity contribution in [3.8, 4) is 0 Å². The van der Waals surface area contributed by atoms with E-state index in [0.717, 1.165) is 42.9 Å².